The minimum absolute atomic E-state index is 0.764. The van der Waals surface area contributed by atoms with Gasteiger partial charge in [-0.25, -0.2) is 0 Å². The van der Waals surface area contributed by atoms with Crippen LogP contribution >= 0.6 is 0 Å². The first-order valence-electron chi connectivity index (χ1n) is 4.07. The SMILES string of the molecule is C=CCC(C)CC=CCC. The highest BCUT2D eigenvalue weighted by molar-refractivity contribution is 4.83. The van der Waals surface area contributed by atoms with E-state index in [9.17, 15) is 0 Å². The predicted octanol–water partition coefficient (Wildman–Crippen LogP) is 3.55. The molecule has 0 heterocycles. The van der Waals surface area contributed by atoms with Crippen LogP contribution in [0.25, 0.3) is 0 Å². The molecule has 1 atom stereocenters. The molecule has 0 aliphatic heterocycles. The fraction of sp³-hybridized carbons (Fsp3) is 0.600. The van der Waals surface area contributed by atoms with Gasteiger partial charge < -0.3 is 0 Å². The van der Waals surface area contributed by atoms with Crippen molar-refractivity contribution in [3.05, 3.63) is 24.8 Å². The smallest absolute Gasteiger partial charge is 0.0322 e. The Labute approximate surface area is 64.6 Å². The molecular weight excluding hydrogens is 120 g/mol. The van der Waals surface area contributed by atoms with Crippen LogP contribution in [0.3, 0.4) is 0 Å². The van der Waals surface area contributed by atoms with E-state index in [4.69, 9.17) is 0 Å². The zero-order chi connectivity index (χ0) is 7.82. The van der Waals surface area contributed by atoms with Gasteiger partial charge in [0.05, 0.1) is 0 Å². The number of rotatable bonds is 5. The number of hydrogen-bond acceptors (Lipinski definition) is 0. The van der Waals surface area contributed by atoms with Gasteiger partial charge in [-0.2, -0.15) is 0 Å². The maximum atomic E-state index is 3.70. The molecule has 0 saturated carbocycles. The molecule has 0 spiro atoms. The van der Waals surface area contributed by atoms with Crippen molar-refractivity contribution in [2.45, 2.75) is 33.1 Å². The molecule has 0 bridgehead atoms. The maximum Gasteiger partial charge on any atom is -0.0322 e. The van der Waals surface area contributed by atoms with Crippen LogP contribution in [0.15, 0.2) is 24.8 Å². The van der Waals surface area contributed by atoms with E-state index in [0.717, 1.165) is 18.8 Å². The molecule has 0 aromatic heterocycles. The molecular formula is C10H18. The van der Waals surface area contributed by atoms with Gasteiger partial charge in [-0.3, -0.25) is 0 Å². The van der Waals surface area contributed by atoms with Gasteiger partial charge in [0.15, 0.2) is 0 Å². The third-order valence-corrected chi connectivity index (χ3v) is 1.51. The van der Waals surface area contributed by atoms with Crippen molar-refractivity contribution in [2.24, 2.45) is 5.92 Å². The molecule has 0 N–H and O–H groups in total. The summed E-state index contributed by atoms with van der Waals surface area (Å²) in [5.41, 5.74) is 0. The first kappa shape index (κ1) is 9.48. The van der Waals surface area contributed by atoms with Crippen LogP contribution in [0.5, 0.6) is 0 Å². The second-order valence-electron chi connectivity index (χ2n) is 2.74. The normalized spacial score (nSPS) is 13.8. The first-order valence-corrected chi connectivity index (χ1v) is 4.07. The second-order valence-corrected chi connectivity index (χ2v) is 2.74. The fourth-order valence-electron chi connectivity index (χ4n) is 0.876. The second kappa shape index (κ2) is 6.60. The van der Waals surface area contributed by atoms with Gasteiger partial charge in [0.1, 0.15) is 0 Å². The molecule has 10 heavy (non-hydrogen) atoms. The Bertz CT molecular complexity index is 101. The highest BCUT2D eigenvalue weighted by Gasteiger charge is 1.93. The summed E-state index contributed by atoms with van der Waals surface area (Å²) < 4.78 is 0. The van der Waals surface area contributed by atoms with E-state index in [1.165, 1.54) is 6.42 Å². The van der Waals surface area contributed by atoms with Crippen molar-refractivity contribution in [1.82, 2.24) is 0 Å². The lowest BCUT2D eigenvalue weighted by atomic mass is 10.0. The Morgan fingerprint density at radius 1 is 1.30 bits per heavy atom. The van der Waals surface area contributed by atoms with Crippen LogP contribution in [-0.4, -0.2) is 0 Å². The van der Waals surface area contributed by atoms with Crippen LogP contribution < -0.4 is 0 Å². The zero-order valence-corrected chi connectivity index (χ0v) is 7.14. The van der Waals surface area contributed by atoms with E-state index in [1.807, 2.05) is 6.08 Å². The highest BCUT2D eigenvalue weighted by atomic mass is 14.0. The minimum atomic E-state index is 0.764. The summed E-state index contributed by atoms with van der Waals surface area (Å²) in [6, 6.07) is 0. The van der Waals surface area contributed by atoms with Gasteiger partial charge in [0, 0.05) is 0 Å². The summed E-state index contributed by atoms with van der Waals surface area (Å²) in [5, 5.41) is 0. The molecule has 0 aliphatic rings. The molecule has 0 aromatic carbocycles. The average Bonchev–Trinajstić information content (AvgIpc) is 1.89. The summed E-state index contributed by atoms with van der Waals surface area (Å²) in [6.07, 6.45) is 9.95. The molecule has 0 aromatic rings. The van der Waals surface area contributed by atoms with E-state index >= 15 is 0 Å². The first-order chi connectivity index (χ1) is 4.81. The lowest BCUT2D eigenvalue weighted by Gasteiger charge is -2.02. The molecule has 0 rings (SSSR count). The Morgan fingerprint density at radius 3 is 2.50 bits per heavy atom. The Balaban J connectivity index is 3.28. The van der Waals surface area contributed by atoms with E-state index in [2.05, 4.69) is 32.6 Å². The van der Waals surface area contributed by atoms with Crippen molar-refractivity contribution >= 4 is 0 Å². The zero-order valence-electron chi connectivity index (χ0n) is 7.14. The number of hydrogen-bond donors (Lipinski definition) is 0. The maximum absolute atomic E-state index is 3.70. The summed E-state index contributed by atoms with van der Waals surface area (Å²) in [5.74, 6) is 0.764. The van der Waals surface area contributed by atoms with Crippen LogP contribution in [-0.2, 0) is 0 Å². The van der Waals surface area contributed by atoms with Crippen molar-refractivity contribution in [3.8, 4) is 0 Å². The van der Waals surface area contributed by atoms with Crippen molar-refractivity contribution in [2.75, 3.05) is 0 Å². The summed E-state index contributed by atoms with van der Waals surface area (Å²) in [6.45, 7) is 8.12. The summed E-state index contributed by atoms with van der Waals surface area (Å²) in [4.78, 5) is 0. The standard InChI is InChI=1S/C10H18/c1-4-6-7-9-10(3)8-5-2/h5-7,10H,2,4,8-9H2,1,3H3. The largest absolute Gasteiger partial charge is 0.103 e. The molecule has 0 amide bonds. The topological polar surface area (TPSA) is 0 Å². The predicted molar refractivity (Wildman–Crippen MR) is 48.0 cm³/mol. The van der Waals surface area contributed by atoms with Gasteiger partial charge in [-0.15, -0.1) is 6.58 Å². The van der Waals surface area contributed by atoms with Crippen molar-refractivity contribution in [1.29, 1.82) is 0 Å². The molecule has 0 heteroatoms. The molecule has 0 saturated heterocycles. The van der Waals surface area contributed by atoms with E-state index in [-0.39, 0.29) is 0 Å². The van der Waals surface area contributed by atoms with E-state index < -0.39 is 0 Å². The summed E-state index contributed by atoms with van der Waals surface area (Å²) in [7, 11) is 0. The van der Waals surface area contributed by atoms with Crippen LogP contribution in [0.4, 0.5) is 0 Å². The highest BCUT2D eigenvalue weighted by Crippen LogP contribution is 2.07. The van der Waals surface area contributed by atoms with Gasteiger partial charge in [0.2, 0.25) is 0 Å². The monoisotopic (exact) mass is 138 g/mol. The van der Waals surface area contributed by atoms with Crippen molar-refractivity contribution in [3.63, 3.8) is 0 Å². The van der Waals surface area contributed by atoms with Gasteiger partial charge in [0.25, 0.3) is 0 Å². The van der Waals surface area contributed by atoms with Gasteiger partial charge in [-0.05, 0) is 25.2 Å². The molecule has 0 aliphatic carbocycles. The van der Waals surface area contributed by atoms with E-state index in [0.29, 0.717) is 0 Å². The molecule has 0 nitrogen and oxygen atoms in total. The quantitative estimate of drug-likeness (QED) is 0.510. The fourth-order valence-corrected chi connectivity index (χ4v) is 0.876. The van der Waals surface area contributed by atoms with Crippen LogP contribution in [0.1, 0.15) is 33.1 Å². The number of allylic oxidation sites excluding steroid dienone is 3. The lowest BCUT2D eigenvalue weighted by Crippen LogP contribution is -1.88. The third kappa shape index (κ3) is 5.61. The van der Waals surface area contributed by atoms with Gasteiger partial charge >= 0.3 is 0 Å². The third-order valence-electron chi connectivity index (χ3n) is 1.51. The molecule has 0 radical (unpaired) electrons. The Morgan fingerprint density at radius 2 is 2.00 bits per heavy atom. The average molecular weight is 138 g/mol. The lowest BCUT2D eigenvalue weighted by molar-refractivity contribution is 0.603. The molecule has 0 fully saturated rings. The van der Waals surface area contributed by atoms with Crippen LogP contribution in [0, 0.1) is 5.92 Å². The van der Waals surface area contributed by atoms with Crippen molar-refractivity contribution < 1.29 is 0 Å². The van der Waals surface area contributed by atoms with Crippen LogP contribution in [0.2, 0.25) is 0 Å². The summed E-state index contributed by atoms with van der Waals surface area (Å²) >= 11 is 0. The van der Waals surface area contributed by atoms with E-state index in [1.54, 1.807) is 0 Å². The minimum Gasteiger partial charge on any atom is -0.103 e. The Kier molecular flexibility index (Phi) is 6.25. The molecule has 1 unspecified atom stereocenters. The molecule has 58 valence electrons. The van der Waals surface area contributed by atoms with Gasteiger partial charge in [-0.1, -0.05) is 32.1 Å². The Hall–Kier alpha value is -0.520.